The molecule has 0 aliphatic carbocycles. The highest BCUT2D eigenvalue weighted by molar-refractivity contribution is 6.33. The van der Waals surface area contributed by atoms with Gasteiger partial charge in [-0.05, 0) is 35.4 Å². The Morgan fingerprint density at radius 2 is 1.88 bits per heavy atom. The molecule has 0 atom stereocenters. The molecule has 17 heavy (non-hydrogen) atoms. The summed E-state index contributed by atoms with van der Waals surface area (Å²) in [5.41, 5.74) is 2.42. The molecule has 2 nitrogen and oxygen atoms in total. The summed E-state index contributed by atoms with van der Waals surface area (Å²) >= 11 is 5.89. The van der Waals surface area contributed by atoms with Crippen LogP contribution in [0, 0.1) is 0 Å². The predicted molar refractivity (Wildman–Crippen MR) is 68.8 cm³/mol. The third kappa shape index (κ3) is 2.48. The molecular formula is C14H11ClO2. The van der Waals surface area contributed by atoms with Gasteiger partial charge >= 0.3 is 0 Å². The maximum Gasteiger partial charge on any atom is 0.151 e. The van der Waals surface area contributed by atoms with Crippen molar-refractivity contribution in [2.45, 2.75) is 0 Å². The second-order valence-electron chi connectivity index (χ2n) is 3.59. The zero-order valence-corrected chi connectivity index (χ0v) is 10.1. The average molecular weight is 247 g/mol. The molecule has 0 unspecified atom stereocenters. The number of methoxy groups -OCH3 is 1. The lowest BCUT2D eigenvalue weighted by Crippen LogP contribution is -1.86. The molecule has 2 aromatic rings. The lowest BCUT2D eigenvalue weighted by atomic mass is 10.0. The molecule has 0 aromatic heterocycles. The van der Waals surface area contributed by atoms with Crippen molar-refractivity contribution in [3.8, 4) is 16.9 Å². The zero-order chi connectivity index (χ0) is 12.3. The molecule has 0 amide bonds. The normalized spacial score (nSPS) is 10.0. The van der Waals surface area contributed by atoms with Gasteiger partial charge in [0.2, 0.25) is 0 Å². The van der Waals surface area contributed by atoms with Crippen LogP contribution in [0.15, 0.2) is 42.5 Å². The van der Waals surface area contributed by atoms with Crippen LogP contribution in [-0.4, -0.2) is 13.4 Å². The molecule has 0 fully saturated rings. The molecule has 0 saturated heterocycles. The smallest absolute Gasteiger partial charge is 0.151 e. The molecule has 0 bridgehead atoms. The van der Waals surface area contributed by atoms with E-state index in [1.54, 1.807) is 19.2 Å². The van der Waals surface area contributed by atoms with Gasteiger partial charge in [-0.1, -0.05) is 29.8 Å². The van der Waals surface area contributed by atoms with Crippen molar-refractivity contribution in [3.05, 3.63) is 53.1 Å². The van der Waals surface area contributed by atoms with Crippen LogP contribution in [0.4, 0.5) is 0 Å². The van der Waals surface area contributed by atoms with Gasteiger partial charge in [0.05, 0.1) is 12.1 Å². The first-order valence-electron chi connectivity index (χ1n) is 5.14. The highest BCUT2D eigenvalue weighted by Gasteiger charge is 2.04. The first-order valence-corrected chi connectivity index (χ1v) is 5.51. The van der Waals surface area contributed by atoms with Crippen molar-refractivity contribution >= 4 is 17.9 Å². The molecule has 86 valence electrons. The molecule has 0 aliphatic heterocycles. The quantitative estimate of drug-likeness (QED) is 0.770. The van der Waals surface area contributed by atoms with E-state index in [9.17, 15) is 4.79 Å². The van der Waals surface area contributed by atoms with Crippen molar-refractivity contribution in [1.82, 2.24) is 0 Å². The van der Waals surface area contributed by atoms with Crippen molar-refractivity contribution in [2.75, 3.05) is 7.11 Å². The highest BCUT2D eigenvalue weighted by Crippen LogP contribution is 2.26. The van der Waals surface area contributed by atoms with Crippen molar-refractivity contribution in [2.24, 2.45) is 0 Å². The van der Waals surface area contributed by atoms with Crippen LogP contribution in [0.1, 0.15) is 10.4 Å². The first-order chi connectivity index (χ1) is 8.24. The number of halogens is 1. The fraction of sp³-hybridized carbons (Fsp3) is 0.0714. The SMILES string of the molecule is COc1cccc(-c2ccc(Cl)c(C=O)c2)c1. The molecular weight excluding hydrogens is 236 g/mol. The predicted octanol–water partition coefficient (Wildman–Crippen LogP) is 3.83. The number of hydrogen-bond donors (Lipinski definition) is 0. The van der Waals surface area contributed by atoms with Gasteiger partial charge < -0.3 is 4.74 Å². The Bertz CT molecular complexity index is 550. The van der Waals surface area contributed by atoms with Gasteiger partial charge in [0.1, 0.15) is 5.75 Å². The minimum absolute atomic E-state index is 0.464. The van der Waals surface area contributed by atoms with Gasteiger partial charge in [0, 0.05) is 5.56 Å². The van der Waals surface area contributed by atoms with E-state index < -0.39 is 0 Å². The zero-order valence-electron chi connectivity index (χ0n) is 9.31. The van der Waals surface area contributed by atoms with E-state index in [-0.39, 0.29) is 0 Å². The monoisotopic (exact) mass is 246 g/mol. The fourth-order valence-corrected chi connectivity index (χ4v) is 1.78. The Balaban J connectivity index is 2.48. The van der Waals surface area contributed by atoms with Crippen LogP contribution < -0.4 is 4.74 Å². The first kappa shape index (κ1) is 11.7. The minimum Gasteiger partial charge on any atom is -0.497 e. The van der Waals surface area contributed by atoms with Gasteiger partial charge in [-0.2, -0.15) is 0 Å². The maximum absolute atomic E-state index is 10.8. The van der Waals surface area contributed by atoms with Crippen LogP contribution in [0.5, 0.6) is 5.75 Å². The van der Waals surface area contributed by atoms with Crippen molar-refractivity contribution < 1.29 is 9.53 Å². The third-order valence-corrected chi connectivity index (χ3v) is 2.87. The van der Waals surface area contributed by atoms with Crippen LogP contribution in [0.25, 0.3) is 11.1 Å². The largest absolute Gasteiger partial charge is 0.497 e. The topological polar surface area (TPSA) is 26.3 Å². The van der Waals surface area contributed by atoms with E-state index in [4.69, 9.17) is 16.3 Å². The Morgan fingerprint density at radius 1 is 1.12 bits per heavy atom. The summed E-state index contributed by atoms with van der Waals surface area (Å²) in [5.74, 6) is 0.783. The van der Waals surface area contributed by atoms with Crippen LogP contribution >= 0.6 is 11.6 Å². The molecule has 0 radical (unpaired) electrons. The van der Waals surface area contributed by atoms with Gasteiger partial charge in [0.25, 0.3) is 0 Å². The summed E-state index contributed by atoms with van der Waals surface area (Å²) in [7, 11) is 1.62. The Hall–Kier alpha value is -1.80. The average Bonchev–Trinajstić information content (AvgIpc) is 2.39. The van der Waals surface area contributed by atoms with E-state index in [0.717, 1.165) is 23.2 Å². The van der Waals surface area contributed by atoms with Crippen LogP contribution in [-0.2, 0) is 0 Å². The molecule has 0 N–H and O–H groups in total. The number of aldehydes is 1. The summed E-state index contributed by atoms with van der Waals surface area (Å²) in [6.45, 7) is 0. The molecule has 2 aromatic carbocycles. The molecule has 0 heterocycles. The van der Waals surface area contributed by atoms with E-state index >= 15 is 0 Å². The van der Waals surface area contributed by atoms with E-state index in [2.05, 4.69) is 0 Å². The molecule has 0 saturated carbocycles. The van der Waals surface area contributed by atoms with E-state index in [1.165, 1.54) is 0 Å². The summed E-state index contributed by atoms with van der Waals surface area (Å²) in [6.07, 6.45) is 0.756. The Labute approximate surface area is 105 Å². The van der Waals surface area contributed by atoms with E-state index in [1.807, 2.05) is 30.3 Å². The number of ether oxygens (including phenoxy) is 1. The molecule has 0 spiro atoms. The third-order valence-electron chi connectivity index (χ3n) is 2.53. The summed E-state index contributed by atoms with van der Waals surface area (Å²) in [5, 5.41) is 0.464. The van der Waals surface area contributed by atoms with E-state index in [0.29, 0.717) is 10.6 Å². The maximum atomic E-state index is 10.8. The summed E-state index contributed by atoms with van der Waals surface area (Å²) in [6, 6.07) is 13.0. The minimum atomic E-state index is 0.464. The summed E-state index contributed by atoms with van der Waals surface area (Å²) < 4.78 is 5.16. The lowest BCUT2D eigenvalue weighted by molar-refractivity contribution is 0.112. The van der Waals surface area contributed by atoms with Gasteiger partial charge in [-0.3, -0.25) is 4.79 Å². The molecule has 0 aliphatic rings. The summed E-state index contributed by atoms with van der Waals surface area (Å²) in [4.78, 5) is 10.8. The Morgan fingerprint density at radius 3 is 2.59 bits per heavy atom. The van der Waals surface area contributed by atoms with Gasteiger partial charge in [0.15, 0.2) is 6.29 Å². The van der Waals surface area contributed by atoms with Crippen LogP contribution in [0.2, 0.25) is 5.02 Å². The second kappa shape index (κ2) is 5.02. The Kier molecular flexibility index (Phi) is 3.45. The fourth-order valence-electron chi connectivity index (χ4n) is 1.62. The number of carbonyl (C=O) groups is 1. The van der Waals surface area contributed by atoms with Gasteiger partial charge in [-0.15, -0.1) is 0 Å². The highest BCUT2D eigenvalue weighted by atomic mass is 35.5. The van der Waals surface area contributed by atoms with Crippen LogP contribution in [0.3, 0.4) is 0 Å². The number of benzene rings is 2. The number of carbonyl (C=O) groups excluding carboxylic acids is 1. The lowest BCUT2D eigenvalue weighted by Gasteiger charge is -2.06. The van der Waals surface area contributed by atoms with Gasteiger partial charge in [-0.25, -0.2) is 0 Å². The number of hydrogen-bond acceptors (Lipinski definition) is 2. The van der Waals surface area contributed by atoms with Crippen molar-refractivity contribution in [3.63, 3.8) is 0 Å². The standard InChI is InChI=1S/C14H11ClO2/c1-17-13-4-2-3-10(8-13)11-5-6-14(15)12(7-11)9-16/h2-9H,1H3. The molecule has 2 rings (SSSR count). The van der Waals surface area contributed by atoms with Crippen molar-refractivity contribution in [1.29, 1.82) is 0 Å². The molecule has 3 heteroatoms. The number of rotatable bonds is 3. The second-order valence-corrected chi connectivity index (χ2v) is 3.99.